The molecule has 0 saturated carbocycles. The summed E-state index contributed by atoms with van der Waals surface area (Å²) in [7, 11) is 3.02. The van der Waals surface area contributed by atoms with E-state index in [2.05, 4.69) is 20.7 Å². The van der Waals surface area contributed by atoms with Crippen molar-refractivity contribution in [1.82, 2.24) is 24.6 Å². The molecule has 13 nitrogen and oxygen atoms in total. The number of anilines is 1. The molecule has 0 atom stereocenters. The number of hydrogen-bond acceptors (Lipinski definition) is 8. The van der Waals surface area contributed by atoms with Gasteiger partial charge in [-0.05, 0) is 44.5 Å². The van der Waals surface area contributed by atoms with E-state index in [0.29, 0.717) is 53.4 Å². The van der Waals surface area contributed by atoms with Crippen LogP contribution in [0.1, 0.15) is 45.4 Å². The molecule has 0 spiro atoms. The van der Waals surface area contributed by atoms with Crippen LogP contribution in [0.5, 0.6) is 11.5 Å². The molecule has 0 bridgehead atoms. The summed E-state index contributed by atoms with van der Waals surface area (Å²) in [5.41, 5.74) is 8.54. The van der Waals surface area contributed by atoms with E-state index in [1.165, 1.54) is 13.2 Å². The Morgan fingerprint density at radius 2 is 1.80 bits per heavy atom. The van der Waals surface area contributed by atoms with E-state index in [-0.39, 0.29) is 24.7 Å². The normalized spacial score (nSPS) is 10.8. The zero-order valence-electron chi connectivity index (χ0n) is 23.4. The van der Waals surface area contributed by atoms with Crippen LogP contribution >= 0.6 is 0 Å². The van der Waals surface area contributed by atoms with E-state index < -0.39 is 17.9 Å². The first kappa shape index (κ1) is 28.9. The van der Waals surface area contributed by atoms with Crippen molar-refractivity contribution in [2.75, 3.05) is 26.1 Å². The molecular formula is C28H33N7O6. The van der Waals surface area contributed by atoms with Gasteiger partial charge in [0.05, 0.1) is 25.4 Å². The Morgan fingerprint density at radius 3 is 2.51 bits per heavy atom. The zero-order chi connectivity index (χ0) is 29.5. The third-order valence-corrected chi connectivity index (χ3v) is 6.35. The Labute approximate surface area is 236 Å². The lowest BCUT2D eigenvalue weighted by Gasteiger charge is -2.13. The highest BCUT2D eigenvalue weighted by molar-refractivity contribution is 6.04. The molecule has 13 heteroatoms. The number of carbonyl (C=O) groups is 3. The second kappa shape index (κ2) is 12.9. The van der Waals surface area contributed by atoms with Gasteiger partial charge in [0, 0.05) is 30.8 Å². The largest absolute Gasteiger partial charge is 0.496 e. The van der Waals surface area contributed by atoms with Crippen molar-refractivity contribution >= 4 is 34.9 Å². The van der Waals surface area contributed by atoms with Gasteiger partial charge in [0.2, 0.25) is 11.9 Å². The summed E-state index contributed by atoms with van der Waals surface area (Å²) >= 11 is 0. The zero-order valence-corrected chi connectivity index (χ0v) is 23.4. The Balaban J connectivity index is 1.51. The highest BCUT2D eigenvalue weighted by atomic mass is 16.5. The number of aromatic nitrogens is 4. The fourth-order valence-electron chi connectivity index (χ4n) is 4.42. The number of primary amides is 1. The van der Waals surface area contributed by atoms with Crippen molar-refractivity contribution in [3.8, 4) is 11.5 Å². The van der Waals surface area contributed by atoms with Crippen LogP contribution in [0.25, 0.3) is 11.0 Å². The average Bonchev–Trinajstić information content (AvgIpc) is 3.53. The standard InChI is InChI=1S/C28H33N7O6/c1-5-35-21(13-17(2)33-35)26(37)32-27-31-20-14-19(25(29)36)15-23(40-4)24(20)34(27)12-8-11-30-28(38)41-16-18-9-6-7-10-22(18)39-3/h6-7,9-10,13-15H,5,8,11-12,16H2,1-4H3,(H2,29,36)(H,30,38)(H,31,32,37). The number of carbonyl (C=O) groups excluding carboxylic acids is 3. The minimum absolute atomic E-state index is 0.0609. The maximum absolute atomic E-state index is 13.2. The fourth-order valence-corrected chi connectivity index (χ4v) is 4.42. The number of benzene rings is 2. The number of alkyl carbamates (subject to hydrolysis) is 1. The molecule has 0 aliphatic rings. The molecule has 4 N–H and O–H groups in total. The molecule has 0 fully saturated rings. The Bertz CT molecular complexity index is 1580. The van der Waals surface area contributed by atoms with Crippen LogP contribution in [0.2, 0.25) is 0 Å². The lowest BCUT2D eigenvalue weighted by molar-refractivity contribution is 0.0995. The average molecular weight is 564 g/mol. The number of para-hydroxylation sites is 1. The van der Waals surface area contributed by atoms with Crippen molar-refractivity contribution in [3.63, 3.8) is 0 Å². The van der Waals surface area contributed by atoms with Gasteiger partial charge in [-0.1, -0.05) is 18.2 Å². The molecule has 216 valence electrons. The summed E-state index contributed by atoms with van der Waals surface area (Å²) in [5.74, 6) is 0.209. The number of nitrogens with two attached hydrogens (primary N) is 1. The van der Waals surface area contributed by atoms with Crippen molar-refractivity contribution in [1.29, 1.82) is 0 Å². The van der Waals surface area contributed by atoms with Gasteiger partial charge in [-0.25, -0.2) is 9.78 Å². The maximum atomic E-state index is 13.2. The van der Waals surface area contributed by atoms with Crippen molar-refractivity contribution in [2.45, 2.75) is 40.0 Å². The van der Waals surface area contributed by atoms with Gasteiger partial charge in [-0.3, -0.25) is 19.6 Å². The van der Waals surface area contributed by atoms with Crippen LogP contribution < -0.4 is 25.8 Å². The number of ether oxygens (including phenoxy) is 3. The van der Waals surface area contributed by atoms with E-state index in [1.54, 1.807) is 34.6 Å². The molecule has 2 aromatic carbocycles. The molecule has 4 aromatic rings. The summed E-state index contributed by atoms with van der Waals surface area (Å²) in [6.07, 6.45) is -0.114. The van der Waals surface area contributed by atoms with Crippen molar-refractivity contribution in [2.24, 2.45) is 5.73 Å². The number of hydrogen-bond donors (Lipinski definition) is 3. The van der Waals surface area contributed by atoms with Crippen LogP contribution in [-0.4, -0.2) is 58.0 Å². The van der Waals surface area contributed by atoms with Crippen LogP contribution in [0.15, 0.2) is 42.5 Å². The first-order valence-electron chi connectivity index (χ1n) is 13.0. The smallest absolute Gasteiger partial charge is 0.407 e. The van der Waals surface area contributed by atoms with E-state index in [0.717, 1.165) is 5.56 Å². The minimum Gasteiger partial charge on any atom is -0.496 e. The number of aryl methyl sites for hydroxylation is 3. The molecule has 41 heavy (non-hydrogen) atoms. The molecule has 2 aromatic heterocycles. The number of imidazole rings is 1. The van der Waals surface area contributed by atoms with Crippen molar-refractivity contribution in [3.05, 3.63) is 65.0 Å². The lowest BCUT2D eigenvalue weighted by atomic mass is 10.1. The van der Waals surface area contributed by atoms with Crippen LogP contribution in [-0.2, 0) is 24.4 Å². The molecule has 0 saturated heterocycles. The number of nitrogens with one attached hydrogen (secondary N) is 2. The molecule has 0 aliphatic carbocycles. The third-order valence-electron chi connectivity index (χ3n) is 6.35. The van der Waals surface area contributed by atoms with Gasteiger partial charge < -0.3 is 29.8 Å². The number of methoxy groups -OCH3 is 2. The quantitative estimate of drug-likeness (QED) is 0.221. The highest BCUT2D eigenvalue weighted by Gasteiger charge is 2.21. The predicted molar refractivity (Wildman–Crippen MR) is 151 cm³/mol. The van der Waals surface area contributed by atoms with Gasteiger partial charge in [0.25, 0.3) is 5.91 Å². The Morgan fingerprint density at radius 1 is 1.05 bits per heavy atom. The molecule has 0 unspecified atom stereocenters. The van der Waals surface area contributed by atoms with E-state index in [1.807, 2.05) is 32.0 Å². The molecular weight excluding hydrogens is 530 g/mol. The van der Waals surface area contributed by atoms with Gasteiger partial charge in [0.15, 0.2) is 0 Å². The van der Waals surface area contributed by atoms with Crippen LogP contribution in [0, 0.1) is 6.92 Å². The molecule has 2 heterocycles. The molecule has 3 amide bonds. The van der Waals surface area contributed by atoms with E-state index in [9.17, 15) is 14.4 Å². The summed E-state index contributed by atoms with van der Waals surface area (Å²) < 4.78 is 19.5. The Kier molecular flexibility index (Phi) is 9.07. The molecule has 0 aliphatic heterocycles. The number of fused-ring (bicyclic) bond motifs is 1. The van der Waals surface area contributed by atoms with E-state index >= 15 is 0 Å². The first-order valence-corrected chi connectivity index (χ1v) is 13.0. The summed E-state index contributed by atoms with van der Waals surface area (Å²) in [6.45, 7) is 4.90. The predicted octanol–water partition coefficient (Wildman–Crippen LogP) is 3.25. The number of nitrogens with zero attached hydrogens (tertiary/aromatic N) is 4. The van der Waals surface area contributed by atoms with Gasteiger partial charge in [0.1, 0.15) is 29.3 Å². The summed E-state index contributed by atoms with van der Waals surface area (Å²) in [4.78, 5) is 42.0. The second-order valence-electron chi connectivity index (χ2n) is 9.11. The summed E-state index contributed by atoms with van der Waals surface area (Å²) in [6, 6.07) is 12.0. The maximum Gasteiger partial charge on any atom is 0.407 e. The number of amides is 3. The minimum atomic E-state index is -0.636. The molecule has 0 radical (unpaired) electrons. The fraction of sp³-hybridized carbons (Fsp3) is 0.321. The van der Waals surface area contributed by atoms with Crippen molar-refractivity contribution < 1.29 is 28.6 Å². The topological polar surface area (TPSA) is 165 Å². The van der Waals surface area contributed by atoms with Gasteiger partial charge in [-0.2, -0.15) is 5.10 Å². The summed E-state index contributed by atoms with van der Waals surface area (Å²) in [5, 5.41) is 9.92. The molecule has 4 rings (SSSR count). The van der Waals surface area contributed by atoms with Gasteiger partial charge >= 0.3 is 6.09 Å². The van der Waals surface area contributed by atoms with Crippen LogP contribution in [0.3, 0.4) is 0 Å². The van der Waals surface area contributed by atoms with Gasteiger partial charge in [-0.15, -0.1) is 0 Å². The third kappa shape index (κ3) is 6.57. The SMILES string of the molecule is CCn1nc(C)cc1C(=O)Nc1nc2cc(C(N)=O)cc(OC)c2n1CCCNC(=O)OCc1ccccc1OC. The van der Waals surface area contributed by atoms with Crippen LogP contribution in [0.4, 0.5) is 10.7 Å². The first-order chi connectivity index (χ1) is 19.7. The van der Waals surface area contributed by atoms with E-state index in [4.69, 9.17) is 19.9 Å². The number of rotatable bonds is 12. The second-order valence-corrected chi connectivity index (χ2v) is 9.11. The lowest BCUT2D eigenvalue weighted by Crippen LogP contribution is -2.26. The monoisotopic (exact) mass is 563 g/mol. The Hall–Kier alpha value is -5.07. The highest BCUT2D eigenvalue weighted by Crippen LogP contribution is 2.31.